The molecule has 0 aliphatic carbocycles. The summed E-state index contributed by atoms with van der Waals surface area (Å²) in [4.78, 5) is 43.5. The quantitative estimate of drug-likeness (QED) is 0.174. The third-order valence-electron chi connectivity index (χ3n) is 5.68. The lowest BCUT2D eigenvalue weighted by Gasteiger charge is -2.14. The Bertz CT molecular complexity index is 1480. The van der Waals surface area contributed by atoms with Crippen molar-refractivity contribution in [1.29, 1.82) is 0 Å². The van der Waals surface area contributed by atoms with Gasteiger partial charge in [0.2, 0.25) is 5.91 Å². The van der Waals surface area contributed by atoms with E-state index in [0.717, 1.165) is 4.90 Å². The van der Waals surface area contributed by atoms with Crippen molar-refractivity contribution in [1.82, 2.24) is 10.3 Å². The van der Waals surface area contributed by atoms with Gasteiger partial charge in [0.25, 0.3) is 11.8 Å². The maximum atomic E-state index is 13.2. The Labute approximate surface area is 236 Å². The van der Waals surface area contributed by atoms with Crippen LogP contribution in [0.15, 0.2) is 114 Å². The van der Waals surface area contributed by atoms with Crippen LogP contribution in [-0.2, 0) is 9.59 Å². The molecule has 3 aromatic carbocycles. The number of ether oxygens (including phenoxy) is 1. The van der Waals surface area contributed by atoms with Crippen molar-refractivity contribution in [2.24, 2.45) is 0 Å². The molecule has 0 spiro atoms. The minimum atomic E-state index is -0.485. The zero-order chi connectivity index (χ0) is 28.3. The number of nitrogens with zero attached hydrogens (tertiary/aromatic N) is 1. The van der Waals surface area contributed by atoms with Crippen LogP contribution < -0.4 is 20.7 Å². The number of carbonyl (C=O) groups excluding carboxylic acids is 3. The van der Waals surface area contributed by atoms with Gasteiger partial charge < -0.3 is 20.7 Å². The van der Waals surface area contributed by atoms with Crippen LogP contribution in [0.5, 0.6) is 5.75 Å². The highest BCUT2D eigenvalue weighted by Gasteiger charge is 2.17. The second-order valence-corrected chi connectivity index (χ2v) is 10.0. The van der Waals surface area contributed by atoms with E-state index in [2.05, 4.69) is 20.9 Å². The van der Waals surface area contributed by atoms with E-state index in [4.69, 9.17) is 4.74 Å². The second kappa shape index (κ2) is 13.8. The molecule has 1 unspecified atom stereocenters. The molecule has 0 aliphatic rings. The summed E-state index contributed by atoms with van der Waals surface area (Å²) in [6.45, 7) is 1.82. The van der Waals surface area contributed by atoms with E-state index in [-0.39, 0.29) is 16.9 Å². The summed E-state index contributed by atoms with van der Waals surface area (Å²) in [5.74, 6) is -0.307. The highest BCUT2D eigenvalue weighted by atomic mass is 32.2. The molecule has 0 saturated heterocycles. The summed E-state index contributed by atoms with van der Waals surface area (Å²) in [5, 5.41) is 8.06. The van der Waals surface area contributed by atoms with Gasteiger partial charge in [-0.15, -0.1) is 11.8 Å². The van der Waals surface area contributed by atoms with Gasteiger partial charge in [-0.2, -0.15) is 0 Å². The number of nitrogens with one attached hydrogen (secondary N) is 3. The normalized spacial score (nSPS) is 11.7. The van der Waals surface area contributed by atoms with E-state index in [1.807, 2.05) is 25.1 Å². The van der Waals surface area contributed by atoms with Crippen LogP contribution in [0.2, 0.25) is 0 Å². The molecule has 4 rings (SSSR count). The van der Waals surface area contributed by atoms with Crippen LogP contribution in [0.4, 0.5) is 11.4 Å². The fourth-order valence-electron chi connectivity index (χ4n) is 3.56. The monoisotopic (exact) mass is 552 g/mol. The van der Waals surface area contributed by atoms with Gasteiger partial charge in [-0.1, -0.05) is 24.3 Å². The topological polar surface area (TPSA) is 109 Å². The Morgan fingerprint density at radius 2 is 1.52 bits per heavy atom. The highest BCUT2D eigenvalue weighted by Crippen LogP contribution is 2.26. The van der Waals surface area contributed by atoms with Crippen LogP contribution in [0, 0.1) is 0 Å². The molecule has 40 heavy (non-hydrogen) atoms. The van der Waals surface area contributed by atoms with Gasteiger partial charge >= 0.3 is 0 Å². The molecule has 0 bridgehead atoms. The number of amides is 3. The predicted octanol–water partition coefficient (Wildman–Crippen LogP) is 5.62. The summed E-state index contributed by atoms with van der Waals surface area (Å²) in [6, 6.07) is 26.5. The third kappa shape index (κ3) is 8.05. The first-order valence-corrected chi connectivity index (χ1v) is 13.3. The van der Waals surface area contributed by atoms with Crippen molar-refractivity contribution in [3.05, 3.63) is 120 Å². The minimum Gasteiger partial charge on any atom is -0.497 e. The van der Waals surface area contributed by atoms with Crippen molar-refractivity contribution >= 4 is 46.9 Å². The van der Waals surface area contributed by atoms with E-state index < -0.39 is 11.8 Å². The molecule has 0 aliphatic heterocycles. The average molecular weight is 553 g/mol. The molecule has 1 aromatic heterocycles. The van der Waals surface area contributed by atoms with Crippen LogP contribution in [0.3, 0.4) is 0 Å². The molecular formula is C31H28N4O4S. The Kier molecular flexibility index (Phi) is 9.68. The van der Waals surface area contributed by atoms with Crippen molar-refractivity contribution in [2.75, 3.05) is 17.7 Å². The number of benzene rings is 3. The first-order chi connectivity index (χ1) is 19.4. The van der Waals surface area contributed by atoms with Crippen molar-refractivity contribution < 1.29 is 19.1 Å². The fourth-order valence-corrected chi connectivity index (χ4v) is 4.43. The lowest BCUT2D eigenvalue weighted by Crippen LogP contribution is -2.30. The number of hydrogen-bond acceptors (Lipinski definition) is 6. The summed E-state index contributed by atoms with van der Waals surface area (Å²) in [6.07, 6.45) is 4.79. The molecule has 202 valence electrons. The first-order valence-electron chi connectivity index (χ1n) is 12.4. The Hall–Kier alpha value is -4.89. The molecule has 3 amide bonds. The summed E-state index contributed by atoms with van der Waals surface area (Å²) in [5.41, 5.74) is 2.39. The third-order valence-corrected chi connectivity index (χ3v) is 6.79. The van der Waals surface area contributed by atoms with Crippen molar-refractivity contribution in [2.45, 2.75) is 17.1 Å². The lowest BCUT2D eigenvalue weighted by atomic mass is 10.2. The Morgan fingerprint density at radius 1 is 0.850 bits per heavy atom. The fraction of sp³-hybridized carbons (Fsp3) is 0.0968. The van der Waals surface area contributed by atoms with E-state index in [0.29, 0.717) is 28.3 Å². The molecule has 8 nitrogen and oxygen atoms in total. The maximum absolute atomic E-state index is 13.2. The number of aromatic nitrogens is 1. The number of pyridine rings is 1. The lowest BCUT2D eigenvalue weighted by molar-refractivity contribution is -0.115. The summed E-state index contributed by atoms with van der Waals surface area (Å²) < 4.78 is 5.14. The van der Waals surface area contributed by atoms with E-state index in [1.165, 1.54) is 11.8 Å². The average Bonchev–Trinajstić information content (AvgIpc) is 2.99. The molecule has 9 heteroatoms. The largest absolute Gasteiger partial charge is 0.497 e. The van der Waals surface area contributed by atoms with Gasteiger partial charge in [0, 0.05) is 34.2 Å². The summed E-state index contributed by atoms with van der Waals surface area (Å²) in [7, 11) is 1.59. The van der Waals surface area contributed by atoms with Crippen molar-refractivity contribution in [3.8, 4) is 5.75 Å². The van der Waals surface area contributed by atoms with Gasteiger partial charge in [-0.25, -0.2) is 0 Å². The van der Waals surface area contributed by atoms with Gasteiger partial charge in [-0.3, -0.25) is 19.4 Å². The molecule has 4 aromatic rings. The van der Waals surface area contributed by atoms with Crippen LogP contribution in [0.25, 0.3) is 6.08 Å². The van der Waals surface area contributed by atoms with Gasteiger partial charge in [-0.05, 0) is 85.3 Å². The number of anilines is 2. The van der Waals surface area contributed by atoms with E-state index in [1.54, 1.807) is 98.4 Å². The van der Waals surface area contributed by atoms with Gasteiger partial charge in [0.05, 0.1) is 12.4 Å². The van der Waals surface area contributed by atoms with Crippen LogP contribution >= 0.6 is 11.8 Å². The number of thioether (sulfide) groups is 1. The molecular weight excluding hydrogens is 524 g/mol. The zero-order valence-electron chi connectivity index (χ0n) is 22.0. The maximum Gasteiger partial charge on any atom is 0.272 e. The van der Waals surface area contributed by atoms with E-state index in [9.17, 15) is 14.4 Å². The molecule has 0 radical (unpaired) electrons. The number of methoxy groups -OCH3 is 1. The molecule has 0 saturated carbocycles. The molecule has 3 N–H and O–H groups in total. The zero-order valence-corrected chi connectivity index (χ0v) is 22.8. The number of rotatable bonds is 10. The number of carbonyl (C=O) groups is 3. The smallest absolute Gasteiger partial charge is 0.272 e. The molecule has 0 fully saturated rings. The minimum absolute atomic E-state index is 0.0733. The standard InChI is InChI=1S/C31H28N4O4S/c1-21(29(36)33-24-10-14-26(39-2)15-11-24)40-27-16-12-25(13-17-27)34-31(38)28(19-22-7-6-18-32-20-22)35-30(37)23-8-4-3-5-9-23/h3-21H,1-2H3,(H,33,36)(H,34,38)(H,35,37)/b28-19-. The first kappa shape index (κ1) is 28.1. The second-order valence-electron chi connectivity index (χ2n) is 8.62. The SMILES string of the molecule is COc1ccc(NC(=O)C(C)Sc2ccc(NC(=O)/C(=C/c3cccnc3)NC(=O)c3ccccc3)cc2)cc1. The van der Waals surface area contributed by atoms with Gasteiger partial charge in [0.15, 0.2) is 0 Å². The van der Waals surface area contributed by atoms with Crippen molar-refractivity contribution in [3.63, 3.8) is 0 Å². The molecule has 1 heterocycles. The Balaban J connectivity index is 1.39. The van der Waals surface area contributed by atoms with Crippen LogP contribution in [0.1, 0.15) is 22.8 Å². The van der Waals surface area contributed by atoms with Gasteiger partial charge in [0.1, 0.15) is 11.4 Å². The molecule has 1 atom stereocenters. The van der Waals surface area contributed by atoms with E-state index >= 15 is 0 Å². The van der Waals surface area contributed by atoms with Crippen LogP contribution in [-0.4, -0.2) is 35.1 Å². The highest BCUT2D eigenvalue weighted by molar-refractivity contribution is 8.00. The summed E-state index contributed by atoms with van der Waals surface area (Å²) >= 11 is 1.40. The Morgan fingerprint density at radius 3 is 2.17 bits per heavy atom. The number of hydrogen-bond donors (Lipinski definition) is 3. The predicted molar refractivity (Wildman–Crippen MR) is 158 cm³/mol.